The van der Waals surface area contributed by atoms with Gasteiger partial charge in [0, 0.05) is 69.8 Å². The van der Waals surface area contributed by atoms with Gasteiger partial charge in [0.05, 0.1) is 18.8 Å². The lowest BCUT2D eigenvalue weighted by molar-refractivity contribution is -0.134. The van der Waals surface area contributed by atoms with Crippen molar-refractivity contribution >= 4 is 17.2 Å². The lowest BCUT2D eigenvalue weighted by Gasteiger charge is -2.37. The van der Waals surface area contributed by atoms with Crippen molar-refractivity contribution in [3.63, 3.8) is 0 Å². The Morgan fingerprint density at radius 3 is 2.36 bits per heavy atom. The number of hydrogen-bond donors (Lipinski definition) is 0. The SMILES string of the molecule is Cc1cc(CN2CCN(CC(=O)N3CCN(Cc4cccs4)CC3)CC2)on1. The van der Waals surface area contributed by atoms with Gasteiger partial charge >= 0.3 is 0 Å². The van der Waals surface area contributed by atoms with Crippen LogP contribution in [0.1, 0.15) is 16.3 Å². The predicted molar refractivity (Wildman–Crippen MR) is 109 cm³/mol. The van der Waals surface area contributed by atoms with Crippen molar-refractivity contribution in [1.29, 1.82) is 0 Å². The maximum absolute atomic E-state index is 12.7. The van der Waals surface area contributed by atoms with E-state index in [-0.39, 0.29) is 5.91 Å². The van der Waals surface area contributed by atoms with E-state index in [0.717, 1.165) is 76.9 Å². The molecule has 2 fully saturated rings. The van der Waals surface area contributed by atoms with Crippen LogP contribution in [-0.4, -0.2) is 89.6 Å². The minimum absolute atomic E-state index is 0.273. The lowest BCUT2D eigenvalue weighted by atomic mass is 10.2. The number of aryl methyl sites for hydroxylation is 1. The zero-order chi connectivity index (χ0) is 19.3. The van der Waals surface area contributed by atoms with Crippen molar-refractivity contribution in [2.75, 3.05) is 58.9 Å². The molecule has 4 rings (SSSR count). The highest BCUT2D eigenvalue weighted by Crippen LogP contribution is 2.14. The van der Waals surface area contributed by atoms with Gasteiger partial charge in [0.15, 0.2) is 5.76 Å². The minimum atomic E-state index is 0.273. The summed E-state index contributed by atoms with van der Waals surface area (Å²) < 4.78 is 5.31. The van der Waals surface area contributed by atoms with Gasteiger partial charge in [-0.2, -0.15) is 0 Å². The van der Waals surface area contributed by atoms with E-state index < -0.39 is 0 Å². The van der Waals surface area contributed by atoms with Gasteiger partial charge in [-0.25, -0.2) is 0 Å². The lowest BCUT2D eigenvalue weighted by Crippen LogP contribution is -2.53. The second kappa shape index (κ2) is 9.17. The van der Waals surface area contributed by atoms with Crippen LogP contribution in [-0.2, 0) is 17.9 Å². The molecule has 28 heavy (non-hydrogen) atoms. The normalized spacial score (nSPS) is 20.0. The summed E-state index contributed by atoms with van der Waals surface area (Å²) in [6.07, 6.45) is 0. The van der Waals surface area contributed by atoms with Crippen LogP contribution in [0.4, 0.5) is 0 Å². The summed E-state index contributed by atoms with van der Waals surface area (Å²) in [5.74, 6) is 1.19. The molecule has 1 amide bonds. The monoisotopic (exact) mass is 403 g/mol. The van der Waals surface area contributed by atoms with E-state index in [9.17, 15) is 4.79 Å². The summed E-state index contributed by atoms with van der Waals surface area (Å²) in [6, 6.07) is 6.28. The minimum Gasteiger partial charge on any atom is -0.360 e. The van der Waals surface area contributed by atoms with E-state index >= 15 is 0 Å². The summed E-state index contributed by atoms with van der Waals surface area (Å²) in [4.78, 5) is 23.2. The summed E-state index contributed by atoms with van der Waals surface area (Å²) in [6.45, 7) is 11.7. The summed E-state index contributed by atoms with van der Waals surface area (Å²) in [7, 11) is 0. The first kappa shape index (κ1) is 19.6. The Labute approximate surface area is 170 Å². The van der Waals surface area contributed by atoms with Crippen molar-refractivity contribution < 1.29 is 9.32 Å². The van der Waals surface area contributed by atoms with Crippen molar-refractivity contribution in [3.05, 3.63) is 39.9 Å². The zero-order valence-corrected chi connectivity index (χ0v) is 17.4. The van der Waals surface area contributed by atoms with E-state index in [4.69, 9.17) is 4.52 Å². The third-order valence-electron chi connectivity index (χ3n) is 5.56. The molecule has 0 N–H and O–H groups in total. The van der Waals surface area contributed by atoms with Crippen molar-refractivity contribution in [2.24, 2.45) is 0 Å². The average Bonchev–Trinajstić information content (AvgIpc) is 3.35. The fourth-order valence-corrected chi connectivity index (χ4v) is 4.63. The smallest absolute Gasteiger partial charge is 0.236 e. The molecule has 2 aromatic heterocycles. The second-order valence-electron chi connectivity index (χ2n) is 7.72. The number of amides is 1. The maximum Gasteiger partial charge on any atom is 0.236 e. The zero-order valence-electron chi connectivity index (χ0n) is 16.5. The standard InChI is InChI=1S/C20H29N5O2S/c1-17-13-18(27-21-17)14-22-4-6-24(7-5-22)16-20(26)25-10-8-23(9-11-25)15-19-3-2-12-28-19/h2-3,12-13H,4-11,14-16H2,1H3. The van der Waals surface area contributed by atoms with Gasteiger partial charge < -0.3 is 9.42 Å². The quantitative estimate of drug-likeness (QED) is 0.729. The third-order valence-corrected chi connectivity index (χ3v) is 6.43. The number of nitrogens with zero attached hydrogens (tertiary/aromatic N) is 5. The van der Waals surface area contributed by atoms with Crippen LogP contribution >= 0.6 is 11.3 Å². The molecular formula is C20H29N5O2S. The fraction of sp³-hybridized carbons (Fsp3) is 0.600. The molecule has 7 nitrogen and oxygen atoms in total. The highest BCUT2D eigenvalue weighted by molar-refractivity contribution is 7.09. The largest absolute Gasteiger partial charge is 0.360 e. The first-order valence-corrected chi connectivity index (χ1v) is 10.9. The molecule has 0 aromatic carbocycles. The molecule has 8 heteroatoms. The number of thiophene rings is 1. The van der Waals surface area contributed by atoms with Gasteiger partial charge in [0.25, 0.3) is 0 Å². The highest BCUT2D eigenvalue weighted by atomic mass is 32.1. The van der Waals surface area contributed by atoms with Crippen LogP contribution in [0.25, 0.3) is 0 Å². The van der Waals surface area contributed by atoms with Crippen molar-refractivity contribution in [2.45, 2.75) is 20.0 Å². The third kappa shape index (κ3) is 5.20. The molecule has 152 valence electrons. The Morgan fingerprint density at radius 1 is 1.04 bits per heavy atom. The molecule has 2 saturated heterocycles. The molecular weight excluding hydrogens is 374 g/mol. The predicted octanol–water partition coefficient (Wildman–Crippen LogP) is 1.51. The Morgan fingerprint density at radius 2 is 1.71 bits per heavy atom. The Bertz CT molecular complexity index is 746. The van der Waals surface area contributed by atoms with Gasteiger partial charge in [0.2, 0.25) is 5.91 Å². The van der Waals surface area contributed by atoms with Crippen LogP contribution in [0.2, 0.25) is 0 Å². The molecule has 0 aliphatic carbocycles. The van der Waals surface area contributed by atoms with E-state index in [0.29, 0.717) is 6.54 Å². The van der Waals surface area contributed by atoms with Gasteiger partial charge in [-0.1, -0.05) is 11.2 Å². The van der Waals surface area contributed by atoms with Gasteiger partial charge in [0.1, 0.15) is 0 Å². The van der Waals surface area contributed by atoms with Gasteiger partial charge in [-0.15, -0.1) is 11.3 Å². The van der Waals surface area contributed by atoms with Crippen LogP contribution in [0.5, 0.6) is 0 Å². The van der Waals surface area contributed by atoms with Crippen LogP contribution in [0.15, 0.2) is 28.1 Å². The number of hydrogen-bond acceptors (Lipinski definition) is 7. The Hall–Kier alpha value is -1.74. The summed E-state index contributed by atoms with van der Waals surface area (Å²) in [5, 5.41) is 6.08. The Kier molecular flexibility index (Phi) is 6.41. The van der Waals surface area contributed by atoms with E-state index in [1.807, 2.05) is 17.9 Å². The van der Waals surface area contributed by atoms with E-state index in [2.05, 4.69) is 37.4 Å². The van der Waals surface area contributed by atoms with E-state index in [1.165, 1.54) is 4.88 Å². The molecule has 0 atom stereocenters. The van der Waals surface area contributed by atoms with Crippen molar-refractivity contribution in [1.82, 2.24) is 24.8 Å². The van der Waals surface area contributed by atoms with Crippen LogP contribution < -0.4 is 0 Å². The first-order valence-electron chi connectivity index (χ1n) is 10.0. The van der Waals surface area contributed by atoms with Crippen LogP contribution in [0, 0.1) is 6.92 Å². The van der Waals surface area contributed by atoms with E-state index in [1.54, 1.807) is 11.3 Å². The second-order valence-corrected chi connectivity index (χ2v) is 8.76. The summed E-state index contributed by atoms with van der Waals surface area (Å²) >= 11 is 1.81. The summed E-state index contributed by atoms with van der Waals surface area (Å²) in [5.41, 5.74) is 0.926. The molecule has 0 saturated carbocycles. The highest BCUT2D eigenvalue weighted by Gasteiger charge is 2.25. The molecule has 4 heterocycles. The van der Waals surface area contributed by atoms with Crippen LogP contribution in [0.3, 0.4) is 0 Å². The molecule has 2 aromatic rings. The van der Waals surface area contributed by atoms with Gasteiger partial charge in [-0.3, -0.25) is 19.5 Å². The molecule has 0 unspecified atom stereocenters. The Balaban J connectivity index is 1.16. The maximum atomic E-state index is 12.7. The number of carbonyl (C=O) groups is 1. The molecule has 0 radical (unpaired) electrons. The molecule has 2 aliphatic rings. The molecule has 0 spiro atoms. The van der Waals surface area contributed by atoms with Gasteiger partial charge in [-0.05, 0) is 18.4 Å². The number of rotatable bonds is 6. The fourth-order valence-electron chi connectivity index (χ4n) is 3.89. The first-order chi connectivity index (χ1) is 13.7. The molecule has 2 aliphatic heterocycles. The number of piperazine rings is 2. The number of aromatic nitrogens is 1. The van der Waals surface area contributed by atoms with Crippen molar-refractivity contribution in [3.8, 4) is 0 Å². The number of carbonyl (C=O) groups excluding carboxylic acids is 1. The average molecular weight is 404 g/mol. The topological polar surface area (TPSA) is 56.1 Å². The molecule has 0 bridgehead atoms.